The molecule has 0 aromatic heterocycles. The molecule has 0 aliphatic heterocycles. The van der Waals surface area contributed by atoms with E-state index < -0.39 is 0 Å². The summed E-state index contributed by atoms with van der Waals surface area (Å²) in [6.07, 6.45) is 5.30. The molecule has 1 N–H and O–H groups in total. The lowest BCUT2D eigenvalue weighted by molar-refractivity contribution is 0.290. The fourth-order valence-electron chi connectivity index (χ4n) is 4.18. The van der Waals surface area contributed by atoms with E-state index in [4.69, 9.17) is 0 Å². The van der Waals surface area contributed by atoms with Crippen LogP contribution in [0.3, 0.4) is 0 Å². The third-order valence-corrected chi connectivity index (χ3v) is 7.07. The van der Waals surface area contributed by atoms with Gasteiger partial charge in [0, 0.05) is 16.6 Å². The van der Waals surface area contributed by atoms with Crippen LogP contribution in [0.5, 0.6) is 0 Å². The molecule has 0 spiro atoms. The zero-order chi connectivity index (χ0) is 27.3. The van der Waals surface area contributed by atoms with Crippen LogP contribution >= 0.6 is 0 Å². The van der Waals surface area contributed by atoms with Gasteiger partial charge in [-0.15, -0.1) is 0 Å². The summed E-state index contributed by atoms with van der Waals surface area (Å²) in [6.45, 7) is 19.4. The molecular formula is C36H45N. The molecule has 0 saturated heterocycles. The predicted octanol–water partition coefficient (Wildman–Crippen LogP) is 9.30. The van der Waals surface area contributed by atoms with Gasteiger partial charge in [-0.1, -0.05) is 146 Å². The topological polar surface area (TPSA) is 12.0 Å². The molecule has 0 amide bonds. The molecule has 1 atom stereocenters. The fraction of sp³-hybridized carbons (Fsp3) is 0.278. The smallest absolute Gasteiger partial charge is 0.0460 e. The van der Waals surface area contributed by atoms with Crippen LogP contribution in [0.4, 0.5) is 5.69 Å². The molecule has 0 fully saturated rings. The minimum Gasteiger partial charge on any atom is -0.355 e. The van der Waals surface area contributed by atoms with Crippen LogP contribution in [0.15, 0.2) is 109 Å². The molecule has 1 nitrogen and oxygen atoms in total. The van der Waals surface area contributed by atoms with Crippen molar-refractivity contribution in [1.82, 2.24) is 0 Å². The summed E-state index contributed by atoms with van der Waals surface area (Å²) in [7, 11) is 0. The van der Waals surface area contributed by atoms with Gasteiger partial charge in [0.2, 0.25) is 0 Å². The van der Waals surface area contributed by atoms with E-state index in [-0.39, 0.29) is 0 Å². The molecule has 4 rings (SSSR count). The van der Waals surface area contributed by atoms with Gasteiger partial charge in [-0.05, 0) is 58.0 Å². The summed E-state index contributed by atoms with van der Waals surface area (Å²) < 4.78 is 0. The van der Waals surface area contributed by atoms with E-state index in [1.165, 1.54) is 22.8 Å². The highest BCUT2D eigenvalue weighted by atomic mass is 14.9. The van der Waals surface area contributed by atoms with Gasteiger partial charge in [0.25, 0.3) is 0 Å². The Kier molecular flexibility index (Phi) is 11.9. The van der Waals surface area contributed by atoms with Gasteiger partial charge in [-0.25, -0.2) is 0 Å². The van der Waals surface area contributed by atoms with Crippen molar-refractivity contribution in [2.75, 3.05) is 5.32 Å². The highest BCUT2D eigenvalue weighted by molar-refractivity contribution is 5.86. The monoisotopic (exact) mass is 491 g/mol. The van der Waals surface area contributed by atoms with E-state index in [0.717, 1.165) is 21.8 Å². The van der Waals surface area contributed by atoms with Crippen LogP contribution in [-0.2, 0) is 0 Å². The molecule has 0 radical (unpaired) electrons. The minimum atomic E-state index is 0.351. The van der Waals surface area contributed by atoms with Crippen molar-refractivity contribution in [2.24, 2.45) is 5.41 Å². The number of anilines is 1. The number of allylic oxidation sites excluding steroid dienone is 1. The van der Waals surface area contributed by atoms with Crippen LogP contribution in [0, 0.1) is 5.41 Å². The Labute approximate surface area is 225 Å². The molecule has 0 bridgehead atoms. The SMILES string of the molecule is C=c1cccc/c1=C(/C=C\C)Nc1ccccc1.CC.CCC(C)(C)C(C)c1cccc2ccccc12. The normalized spacial score (nSPS) is 12.6. The first kappa shape index (κ1) is 29.6. The molecule has 0 saturated carbocycles. The Morgan fingerprint density at radius 1 is 0.838 bits per heavy atom. The average molecular weight is 492 g/mol. The van der Waals surface area contributed by atoms with E-state index in [1.54, 1.807) is 0 Å². The second kappa shape index (κ2) is 14.9. The van der Waals surface area contributed by atoms with Gasteiger partial charge >= 0.3 is 0 Å². The molecule has 194 valence electrons. The number of para-hydroxylation sites is 1. The summed E-state index contributed by atoms with van der Waals surface area (Å²) in [5, 5.41) is 8.33. The minimum absolute atomic E-state index is 0.351. The second-order valence-corrected chi connectivity index (χ2v) is 9.69. The van der Waals surface area contributed by atoms with Crippen LogP contribution in [0.25, 0.3) is 23.0 Å². The highest BCUT2D eigenvalue weighted by Crippen LogP contribution is 2.40. The van der Waals surface area contributed by atoms with Crippen molar-refractivity contribution in [1.29, 1.82) is 0 Å². The lowest BCUT2D eigenvalue weighted by Crippen LogP contribution is -2.27. The Bertz CT molecular complexity index is 1360. The molecule has 1 unspecified atom stereocenters. The van der Waals surface area contributed by atoms with Crippen molar-refractivity contribution in [3.8, 4) is 0 Å². The number of hydrogen-bond acceptors (Lipinski definition) is 1. The van der Waals surface area contributed by atoms with Gasteiger partial charge in [-0.2, -0.15) is 0 Å². The first-order valence-electron chi connectivity index (χ1n) is 13.6. The predicted molar refractivity (Wildman–Crippen MR) is 167 cm³/mol. The Morgan fingerprint density at radius 2 is 1.43 bits per heavy atom. The average Bonchev–Trinajstić information content (AvgIpc) is 2.94. The summed E-state index contributed by atoms with van der Waals surface area (Å²) in [5.74, 6) is 0.582. The van der Waals surface area contributed by atoms with Gasteiger partial charge in [-0.3, -0.25) is 0 Å². The Balaban J connectivity index is 0.000000244. The Hall–Kier alpha value is -3.58. The van der Waals surface area contributed by atoms with Crippen molar-refractivity contribution < 1.29 is 0 Å². The standard InChI is InChI=1S/C17H17N.C17H22.C2H6/c1-3-9-17(16-13-8-7-10-14(16)2)18-15-11-5-4-6-12-15;1-5-17(3,4)13(2)15-12-8-10-14-9-6-7-11-16(14)15;1-2/h3-13,18H,2H2,1H3;6-13H,5H2,1-4H3;1-2H3/b9-3-,17-16+;;. The fourth-order valence-corrected chi connectivity index (χ4v) is 4.18. The quantitative estimate of drug-likeness (QED) is 0.283. The number of hydrogen-bond donors (Lipinski definition) is 1. The lowest BCUT2D eigenvalue weighted by atomic mass is 9.73. The van der Waals surface area contributed by atoms with Crippen LogP contribution in [0.1, 0.15) is 66.4 Å². The van der Waals surface area contributed by atoms with Gasteiger partial charge in [0.15, 0.2) is 0 Å². The van der Waals surface area contributed by atoms with E-state index in [1.807, 2.05) is 63.2 Å². The van der Waals surface area contributed by atoms with Gasteiger partial charge < -0.3 is 5.32 Å². The van der Waals surface area contributed by atoms with E-state index in [9.17, 15) is 0 Å². The molecular weight excluding hydrogens is 446 g/mol. The maximum absolute atomic E-state index is 4.07. The summed E-state index contributed by atoms with van der Waals surface area (Å²) in [4.78, 5) is 0. The summed E-state index contributed by atoms with van der Waals surface area (Å²) in [6, 6.07) is 33.6. The lowest BCUT2D eigenvalue weighted by Gasteiger charge is -2.31. The highest BCUT2D eigenvalue weighted by Gasteiger charge is 2.26. The molecule has 1 heteroatoms. The van der Waals surface area contributed by atoms with Crippen LogP contribution < -0.4 is 15.8 Å². The summed E-state index contributed by atoms with van der Waals surface area (Å²) >= 11 is 0. The first-order chi connectivity index (χ1) is 17.9. The molecule has 37 heavy (non-hydrogen) atoms. The third kappa shape index (κ3) is 8.22. The Morgan fingerprint density at radius 3 is 2.08 bits per heavy atom. The van der Waals surface area contributed by atoms with Crippen LogP contribution in [-0.4, -0.2) is 0 Å². The van der Waals surface area contributed by atoms with Gasteiger partial charge in [0.1, 0.15) is 0 Å². The van der Waals surface area contributed by atoms with Crippen LogP contribution in [0.2, 0.25) is 0 Å². The molecule has 0 heterocycles. The largest absolute Gasteiger partial charge is 0.355 e. The molecule has 0 aliphatic carbocycles. The molecule has 4 aromatic carbocycles. The van der Waals surface area contributed by atoms with E-state index in [2.05, 4.69) is 106 Å². The second-order valence-electron chi connectivity index (χ2n) is 9.69. The van der Waals surface area contributed by atoms with E-state index in [0.29, 0.717) is 11.3 Å². The third-order valence-electron chi connectivity index (χ3n) is 7.07. The zero-order valence-corrected chi connectivity index (χ0v) is 23.9. The van der Waals surface area contributed by atoms with E-state index >= 15 is 0 Å². The molecule has 0 aliphatic rings. The number of benzene rings is 4. The zero-order valence-electron chi connectivity index (χ0n) is 23.9. The van der Waals surface area contributed by atoms with Crippen molar-refractivity contribution in [3.63, 3.8) is 0 Å². The maximum atomic E-state index is 4.07. The van der Waals surface area contributed by atoms with Gasteiger partial charge in [0.05, 0.1) is 0 Å². The summed E-state index contributed by atoms with van der Waals surface area (Å²) in [5.41, 5.74) is 3.97. The van der Waals surface area contributed by atoms with Crippen molar-refractivity contribution in [2.45, 2.75) is 60.8 Å². The van der Waals surface area contributed by atoms with Crippen molar-refractivity contribution in [3.05, 3.63) is 125 Å². The molecule has 4 aromatic rings. The first-order valence-corrected chi connectivity index (χ1v) is 13.6. The maximum Gasteiger partial charge on any atom is 0.0460 e. The number of rotatable bonds is 6. The number of nitrogens with one attached hydrogen (secondary N) is 1. The number of fused-ring (bicyclic) bond motifs is 1. The van der Waals surface area contributed by atoms with Crippen molar-refractivity contribution >= 4 is 28.7 Å².